The Morgan fingerprint density at radius 2 is 1.44 bits per heavy atom. The summed E-state index contributed by atoms with van der Waals surface area (Å²) in [6.07, 6.45) is 1.69. The minimum atomic E-state index is -0.384. The van der Waals surface area contributed by atoms with Gasteiger partial charge in [0.15, 0.2) is 5.17 Å². The van der Waals surface area contributed by atoms with E-state index in [1.54, 1.807) is 23.1 Å². The number of nitro benzene ring substituents is 1. The summed E-state index contributed by atoms with van der Waals surface area (Å²) < 4.78 is 0. The number of hydrogen-bond acceptors (Lipinski definition) is 6. The summed E-state index contributed by atoms with van der Waals surface area (Å²) in [5, 5.41) is 12.5. The molecule has 0 bridgehead atoms. The van der Waals surface area contributed by atoms with Crippen molar-refractivity contribution in [3.05, 3.63) is 128 Å². The van der Waals surface area contributed by atoms with Gasteiger partial charge in [-0.2, -0.15) is 0 Å². The van der Waals surface area contributed by atoms with Gasteiger partial charge in [0.2, 0.25) is 0 Å². The second-order valence-corrected chi connectivity index (χ2v) is 11.3. The lowest BCUT2D eigenvalue weighted by atomic mass is 10.1. The fraction of sp³-hybridized carbons (Fsp3) is 0.0968. The molecule has 4 aromatic rings. The van der Waals surface area contributed by atoms with Crippen LogP contribution in [0.5, 0.6) is 0 Å². The maximum absolute atomic E-state index is 13.6. The molecule has 6 nitrogen and oxygen atoms in total. The summed E-state index contributed by atoms with van der Waals surface area (Å²) in [5.74, 6) is -0.226. The highest BCUT2D eigenvalue weighted by Crippen LogP contribution is 2.39. The Hall–Kier alpha value is -4.14. The van der Waals surface area contributed by atoms with E-state index in [1.807, 2.05) is 93.6 Å². The molecular formula is C31H25N3O3S2. The number of carbonyl (C=O) groups is 1. The molecule has 0 saturated carbocycles. The van der Waals surface area contributed by atoms with E-state index < -0.39 is 0 Å². The number of carbonyl (C=O) groups excluding carboxylic acids is 1. The summed E-state index contributed by atoms with van der Waals surface area (Å²) in [5.41, 5.74) is 5.35. The SMILES string of the molecule is Cc1ccc(N=C2S/C(=C/c3ccc(Sc4ccc(C)cc4)c([N+](=O)[O-])c3)C(=O)N2c2ccc(C)cc2)cc1. The first-order chi connectivity index (χ1) is 18.8. The summed E-state index contributed by atoms with van der Waals surface area (Å²) in [6, 6.07) is 28.4. The molecule has 0 aromatic heterocycles. The topological polar surface area (TPSA) is 75.8 Å². The summed E-state index contributed by atoms with van der Waals surface area (Å²) in [4.78, 5) is 33.4. The number of anilines is 1. The van der Waals surface area contributed by atoms with Crippen molar-refractivity contribution in [2.24, 2.45) is 4.99 Å². The smallest absolute Gasteiger partial charge is 0.268 e. The minimum absolute atomic E-state index is 0.00527. The first-order valence-corrected chi connectivity index (χ1v) is 13.9. The Balaban J connectivity index is 1.50. The third kappa shape index (κ3) is 6.13. The Kier molecular flexibility index (Phi) is 7.67. The highest BCUT2D eigenvalue weighted by molar-refractivity contribution is 8.19. The molecule has 1 amide bonds. The maximum atomic E-state index is 13.6. The molecule has 0 atom stereocenters. The van der Waals surface area contributed by atoms with E-state index in [4.69, 9.17) is 4.99 Å². The van der Waals surface area contributed by atoms with Gasteiger partial charge in [-0.25, -0.2) is 4.99 Å². The van der Waals surface area contributed by atoms with Crippen LogP contribution in [0.4, 0.5) is 17.1 Å². The lowest BCUT2D eigenvalue weighted by Crippen LogP contribution is -2.28. The average molecular weight is 552 g/mol. The van der Waals surface area contributed by atoms with Gasteiger partial charge in [-0.15, -0.1) is 0 Å². The summed E-state index contributed by atoms with van der Waals surface area (Å²) in [7, 11) is 0. The molecule has 0 unspecified atom stereocenters. The van der Waals surface area contributed by atoms with Crippen molar-refractivity contribution in [2.75, 3.05) is 4.90 Å². The van der Waals surface area contributed by atoms with Gasteiger partial charge < -0.3 is 0 Å². The van der Waals surface area contributed by atoms with Crippen molar-refractivity contribution < 1.29 is 9.72 Å². The fourth-order valence-electron chi connectivity index (χ4n) is 3.94. The number of aryl methyl sites for hydroxylation is 3. The molecule has 1 aliphatic rings. The lowest BCUT2D eigenvalue weighted by Gasteiger charge is -2.16. The second kappa shape index (κ2) is 11.3. The van der Waals surface area contributed by atoms with Crippen molar-refractivity contribution in [2.45, 2.75) is 30.6 Å². The molecule has 1 heterocycles. The van der Waals surface area contributed by atoms with Crippen molar-refractivity contribution in [3.63, 3.8) is 0 Å². The monoisotopic (exact) mass is 551 g/mol. The normalized spacial score (nSPS) is 15.4. The van der Waals surface area contributed by atoms with E-state index in [1.165, 1.54) is 29.6 Å². The molecular weight excluding hydrogens is 526 g/mol. The molecule has 39 heavy (non-hydrogen) atoms. The predicted molar refractivity (Wildman–Crippen MR) is 161 cm³/mol. The van der Waals surface area contributed by atoms with Gasteiger partial charge in [0.05, 0.1) is 26.1 Å². The molecule has 8 heteroatoms. The third-order valence-electron chi connectivity index (χ3n) is 6.08. The zero-order valence-corrected chi connectivity index (χ0v) is 23.3. The van der Waals surface area contributed by atoms with Gasteiger partial charge in [0.1, 0.15) is 0 Å². The molecule has 0 aliphatic carbocycles. The zero-order valence-electron chi connectivity index (χ0n) is 21.6. The van der Waals surface area contributed by atoms with Gasteiger partial charge in [-0.05, 0) is 86.6 Å². The van der Waals surface area contributed by atoms with E-state index in [0.717, 1.165) is 27.3 Å². The molecule has 1 fully saturated rings. The van der Waals surface area contributed by atoms with Crippen LogP contribution in [0.15, 0.2) is 111 Å². The number of thioether (sulfide) groups is 1. The largest absolute Gasteiger partial charge is 0.283 e. The molecule has 5 rings (SSSR count). The van der Waals surface area contributed by atoms with Crippen LogP contribution in [-0.2, 0) is 4.79 Å². The zero-order chi connectivity index (χ0) is 27.5. The number of nitro groups is 1. The number of aliphatic imine (C=N–C) groups is 1. The van der Waals surface area contributed by atoms with Crippen LogP contribution in [0.3, 0.4) is 0 Å². The van der Waals surface area contributed by atoms with Crippen LogP contribution in [0.2, 0.25) is 0 Å². The van der Waals surface area contributed by atoms with E-state index in [-0.39, 0.29) is 16.5 Å². The van der Waals surface area contributed by atoms with Crippen LogP contribution < -0.4 is 4.90 Å². The van der Waals surface area contributed by atoms with Crippen LogP contribution >= 0.6 is 23.5 Å². The lowest BCUT2D eigenvalue weighted by molar-refractivity contribution is -0.387. The molecule has 0 spiro atoms. The van der Waals surface area contributed by atoms with E-state index >= 15 is 0 Å². The quantitative estimate of drug-likeness (QED) is 0.136. The van der Waals surface area contributed by atoms with Crippen LogP contribution in [-0.4, -0.2) is 16.0 Å². The predicted octanol–water partition coefficient (Wildman–Crippen LogP) is 8.48. The fourth-order valence-corrected chi connectivity index (χ4v) is 5.84. The van der Waals surface area contributed by atoms with Gasteiger partial charge in [-0.1, -0.05) is 70.9 Å². The number of amides is 1. The Morgan fingerprint density at radius 3 is 2.05 bits per heavy atom. The number of hydrogen-bond donors (Lipinski definition) is 0. The molecule has 194 valence electrons. The molecule has 4 aromatic carbocycles. The number of rotatable bonds is 6. The Morgan fingerprint density at radius 1 is 0.846 bits per heavy atom. The summed E-state index contributed by atoms with van der Waals surface area (Å²) >= 11 is 2.60. The molecule has 0 N–H and O–H groups in total. The van der Waals surface area contributed by atoms with Crippen molar-refractivity contribution >= 4 is 57.7 Å². The van der Waals surface area contributed by atoms with E-state index in [0.29, 0.717) is 26.2 Å². The second-order valence-electron chi connectivity index (χ2n) is 9.22. The highest BCUT2D eigenvalue weighted by Gasteiger charge is 2.35. The highest BCUT2D eigenvalue weighted by atomic mass is 32.2. The first-order valence-electron chi connectivity index (χ1n) is 12.3. The third-order valence-corrected chi connectivity index (χ3v) is 8.13. The van der Waals surface area contributed by atoms with Crippen LogP contribution in [0.25, 0.3) is 6.08 Å². The molecule has 0 radical (unpaired) electrons. The maximum Gasteiger partial charge on any atom is 0.283 e. The van der Waals surface area contributed by atoms with E-state index in [2.05, 4.69) is 0 Å². The number of nitrogens with zero attached hydrogens (tertiary/aromatic N) is 3. The summed E-state index contributed by atoms with van der Waals surface area (Å²) in [6.45, 7) is 6.00. The molecule has 1 saturated heterocycles. The minimum Gasteiger partial charge on any atom is -0.268 e. The van der Waals surface area contributed by atoms with Gasteiger partial charge in [0, 0.05) is 11.0 Å². The van der Waals surface area contributed by atoms with Crippen molar-refractivity contribution in [3.8, 4) is 0 Å². The Bertz CT molecular complexity index is 1610. The standard InChI is InChI=1S/C31H25N3O3S2/c1-20-4-11-24(12-5-20)32-31-33(25-13-6-21(2)7-14-25)30(35)29(39-31)19-23-10-17-28(27(18-23)34(36)37)38-26-15-8-22(3)9-16-26/h4-19H,1-3H3/b29-19+,32-31?. The van der Waals surface area contributed by atoms with E-state index in [9.17, 15) is 14.9 Å². The average Bonchev–Trinajstić information content (AvgIpc) is 3.22. The number of benzene rings is 4. The van der Waals surface area contributed by atoms with Crippen molar-refractivity contribution in [1.82, 2.24) is 0 Å². The first kappa shape index (κ1) is 26.5. The van der Waals surface area contributed by atoms with Crippen LogP contribution in [0, 0.1) is 30.9 Å². The number of amidine groups is 1. The van der Waals surface area contributed by atoms with Gasteiger partial charge in [0.25, 0.3) is 11.6 Å². The van der Waals surface area contributed by atoms with Gasteiger partial charge in [-0.3, -0.25) is 19.8 Å². The Labute approximate surface area is 235 Å². The van der Waals surface area contributed by atoms with Crippen LogP contribution in [0.1, 0.15) is 22.3 Å². The van der Waals surface area contributed by atoms with Crippen molar-refractivity contribution in [1.29, 1.82) is 0 Å². The molecule has 1 aliphatic heterocycles. The van der Waals surface area contributed by atoms with Gasteiger partial charge >= 0.3 is 0 Å².